The van der Waals surface area contributed by atoms with Gasteiger partial charge >= 0.3 is 5.91 Å². The van der Waals surface area contributed by atoms with Crippen LogP contribution < -0.4 is 4.74 Å². The fourth-order valence-electron chi connectivity index (χ4n) is 4.68. The highest BCUT2D eigenvalue weighted by molar-refractivity contribution is 6.17. The van der Waals surface area contributed by atoms with Crippen LogP contribution in [0.25, 0.3) is 32.9 Å². The van der Waals surface area contributed by atoms with E-state index in [1.165, 1.54) is 20.1 Å². The number of likely N-dealkylation sites (N-methyl/N-ethyl adjacent to an activating group) is 1. The van der Waals surface area contributed by atoms with Crippen molar-refractivity contribution in [2.45, 2.75) is 6.92 Å². The van der Waals surface area contributed by atoms with Crippen LogP contribution in [0.2, 0.25) is 0 Å². The minimum Gasteiger partial charge on any atom is -0.494 e. The number of morpholine rings is 1. The van der Waals surface area contributed by atoms with Crippen LogP contribution in [0, 0.1) is 5.82 Å². The molecule has 2 heterocycles. The number of carbonyl (C=O) groups is 2. The summed E-state index contributed by atoms with van der Waals surface area (Å²) < 4.78 is 24.9. The second kappa shape index (κ2) is 8.34. The van der Waals surface area contributed by atoms with Crippen molar-refractivity contribution in [1.82, 2.24) is 4.98 Å². The Morgan fingerprint density at radius 2 is 1.76 bits per heavy atom. The first-order valence-electron chi connectivity index (χ1n) is 11.2. The molecule has 0 atom stereocenters. The van der Waals surface area contributed by atoms with Crippen molar-refractivity contribution in [2.75, 3.05) is 40.5 Å². The van der Waals surface area contributed by atoms with Crippen molar-refractivity contribution in [2.24, 2.45) is 0 Å². The van der Waals surface area contributed by atoms with Crippen LogP contribution in [-0.2, 0) is 4.74 Å². The highest BCUT2D eigenvalue weighted by atomic mass is 19.1. The molecular formula is C27H26FN2O4+. The molecule has 0 saturated carbocycles. The molecule has 0 unspecified atom stereocenters. The van der Waals surface area contributed by atoms with Gasteiger partial charge in [0, 0.05) is 21.9 Å². The first-order chi connectivity index (χ1) is 16.3. The van der Waals surface area contributed by atoms with Crippen molar-refractivity contribution in [3.63, 3.8) is 0 Å². The number of hydrogen-bond donors (Lipinski definition) is 1. The fourth-order valence-corrected chi connectivity index (χ4v) is 4.68. The van der Waals surface area contributed by atoms with E-state index in [1.807, 2.05) is 31.3 Å². The number of fused-ring (bicyclic) bond motifs is 3. The number of ether oxygens (including phenoxy) is 2. The molecule has 6 nitrogen and oxygen atoms in total. The Kier molecular flexibility index (Phi) is 5.46. The smallest absolute Gasteiger partial charge is 0.345 e. The third kappa shape index (κ3) is 3.67. The van der Waals surface area contributed by atoms with Gasteiger partial charge in [-0.1, -0.05) is 6.07 Å². The number of halogens is 1. The van der Waals surface area contributed by atoms with Gasteiger partial charge in [-0.15, -0.1) is 0 Å². The molecule has 0 aliphatic carbocycles. The number of hydrogen-bond acceptors (Lipinski definition) is 4. The average Bonchev–Trinajstić information content (AvgIpc) is 3.21. The third-order valence-corrected chi connectivity index (χ3v) is 6.77. The second-order valence-corrected chi connectivity index (χ2v) is 9.00. The first kappa shape index (κ1) is 22.3. The number of methoxy groups -OCH3 is 1. The topological polar surface area (TPSA) is 68.4 Å². The summed E-state index contributed by atoms with van der Waals surface area (Å²) in [6.07, 6.45) is 0. The number of aromatic nitrogens is 1. The van der Waals surface area contributed by atoms with Gasteiger partial charge in [0.25, 0.3) is 0 Å². The van der Waals surface area contributed by atoms with Crippen LogP contribution in [0.5, 0.6) is 5.75 Å². The quantitative estimate of drug-likeness (QED) is 0.345. The van der Waals surface area contributed by atoms with Crippen molar-refractivity contribution >= 4 is 33.5 Å². The molecule has 1 aliphatic rings. The molecule has 1 amide bonds. The van der Waals surface area contributed by atoms with Crippen molar-refractivity contribution in [3.8, 4) is 16.9 Å². The maximum atomic E-state index is 14.0. The zero-order valence-corrected chi connectivity index (χ0v) is 19.4. The Balaban J connectivity index is 1.70. The van der Waals surface area contributed by atoms with Gasteiger partial charge in [-0.3, -0.25) is 9.28 Å². The summed E-state index contributed by atoms with van der Waals surface area (Å²) in [6, 6.07) is 14.0. The number of H-pyrrole nitrogens is 1. The molecule has 7 heteroatoms. The number of benzene rings is 3. The second-order valence-electron chi connectivity index (χ2n) is 9.00. The van der Waals surface area contributed by atoms with Crippen LogP contribution in [-0.4, -0.2) is 61.6 Å². The molecule has 1 aliphatic heterocycles. The summed E-state index contributed by atoms with van der Waals surface area (Å²) in [5, 5.41) is 1.69. The van der Waals surface area contributed by atoms with Gasteiger partial charge in [0.05, 0.1) is 38.5 Å². The van der Waals surface area contributed by atoms with Gasteiger partial charge in [-0.2, -0.15) is 0 Å². The van der Waals surface area contributed by atoms with Gasteiger partial charge in [0.1, 0.15) is 13.1 Å². The number of nitrogens with one attached hydrogen (secondary N) is 1. The van der Waals surface area contributed by atoms with Gasteiger partial charge in [0.15, 0.2) is 17.3 Å². The Morgan fingerprint density at radius 1 is 1.00 bits per heavy atom. The molecule has 34 heavy (non-hydrogen) atoms. The molecule has 1 saturated heterocycles. The van der Waals surface area contributed by atoms with Crippen molar-refractivity contribution in [3.05, 3.63) is 65.5 Å². The minimum absolute atomic E-state index is 0.0470. The van der Waals surface area contributed by atoms with E-state index in [0.29, 0.717) is 41.9 Å². The summed E-state index contributed by atoms with van der Waals surface area (Å²) >= 11 is 0. The molecular weight excluding hydrogens is 435 g/mol. The van der Waals surface area contributed by atoms with E-state index in [2.05, 4.69) is 4.98 Å². The lowest BCUT2D eigenvalue weighted by molar-refractivity contribution is -0.837. The Hall–Kier alpha value is -3.55. The largest absolute Gasteiger partial charge is 0.494 e. The maximum Gasteiger partial charge on any atom is 0.345 e. The monoisotopic (exact) mass is 461 g/mol. The van der Waals surface area contributed by atoms with E-state index in [1.54, 1.807) is 18.2 Å². The van der Waals surface area contributed by atoms with Crippen LogP contribution in [0.1, 0.15) is 27.6 Å². The third-order valence-electron chi connectivity index (χ3n) is 6.77. The van der Waals surface area contributed by atoms with E-state index < -0.39 is 5.82 Å². The van der Waals surface area contributed by atoms with Gasteiger partial charge < -0.3 is 14.5 Å². The van der Waals surface area contributed by atoms with E-state index in [0.717, 1.165) is 32.9 Å². The number of quaternary nitrogens is 1. The molecule has 0 bridgehead atoms. The van der Waals surface area contributed by atoms with Gasteiger partial charge in [-0.25, -0.2) is 9.18 Å². The molecule has 1 N–H and O–H groups in total. The zero-order valence-electron chi connectivity index (χ0n) is 19.4. The Morgan fingerprint density at radius 3 is 2.47 bits per heavy atom. The lowest BCUT2D eigenvalue weighted by Crippen LogP contribution is -2.55. The van der Waals surface area contributed by atoms with Crippen molar-refractivity contribution < 1.29 is 27.9 Å². The Labute approximate surface area is 196 Å². The molecule has 0 spiro atoms. The normalized spacial score (nSPS) is 15.5. The Bertz CT molecular complexity index is 1450. The zero-order chi connectivity index (χ0) is 24.0. The predicted octanol–water partition coefficient (Wildman–Crippen LogP) is 4.96. The van der Waals surface area contributed by atoms with Crippen LogP contribution in [0.15, 0.2) is 48.5 Å². The molecule has 5 rings (SSSR count). The maximum absolute atomic E-state index is 14.0. The first-order valence-corrected chi connectivity index (χ1v) is 11.2. The number of carbonyl (C=O) groups excluding carboxylic acids is 2. The highest BCUT2D eigenvalue weighted by Crippen LogP contribution is 2.35. The van der Waals surface area contributed by atoms with E-state index in [4.69, 9.17) is 9.47 Å². The SMILES string of the molecule is COc1cc(-c2cc(C(C)=O)c3[nH]c4ccc(C(=O)[N+]5(C)CCOCC5)cc4c3c2)ccc1F. The number of amides is 1. The fraction of sp³-hybridized carbons (Fsp3) is 0.259. The number of nitrogens with zero attached hydrogens (tertiary/aromatic N) is 1. The van der Waals surface area contributed by atoms with Crippen molar-refractivity contribution in [1.29, 1.82) is 0 Å². The summed E-state index contributed by atoms with van der Waals surface area (Å²) in [5.74, 6) is -0.355. The molecule has 3 aromatic carbocycles. The van der Waals surface area contributed by atoms with E-state index >= 15 is 0 Å². The molecule has 4 aromatic rings. The number of aromatic amines is 1. The average molecular weight is 462 g/mol. The number of ketones is 1. The number of Topliss-reactive ketones (excluding diaryl/α,β-unsaturated/α-hetero) is 1. The van der Waals surface area contributed by atoms with Gasteiger partial charge in [0.2, 0.25) is 0 Å². The van der Waals surface area contributed by atoms with E-state index in [-0.39, 0.29) is 17.4 Å². The standard InChI is InChI=1S/C27H25FN2O4/c1-16(31)20-13-19(17-4-6-23(28)25(15-17)33-3)14-22-21-12-18(5-7-24(21)29-26(20)22)27(32)30(2)8-10-34-11-9-30/h4-7,12-15H,8-11H2,1-3H3/p+1. The summed E-state index contributed by atoms with van der Waals surface area (Å²) in [7, 11) is 3.36. The van der Waals surface area contributed by atoms with Crippen LogP contribution in [0.4, 0.5) is 4.39 Å². The molecule has 1 fully saturated rings. The lowest BCUT2D eigenvalue weighted by Gasteiger charge is -2.34. The summed E-state index contributed by atoms with van der Waals surface area (Å²) in [6.45, 7) is 3.91. The summed E-state index contributed by atoms with van der Waals surface area (Å²) in [4.78, 5) is 29.3. The lowest BCUT2D eigenvalue weighted by atomic mass is 9.97. The van der Waals surface area contributed by atoms with Crippen LogP contribution in [0.3, 0.4) is 0 Å². The highest BCUT2D eigenvalue weighted by Gasteiger charge is 2.35. The van der Waals surface area contributed by atoms with Gasteiger partial charge in [-0.05, 0) is 60.5 Å². The molecule has 0 radical (unpaired) electrons. The van der Waals surface area contributed by atoms with E-state index in [9.17, 15) is 14.0 Å². The number of rotatable bonds is 4. The molecule has 174 valence electrons. The van der Waals surface area contributed by atoms with Crippen LogP contribution >= 0.6 is 0 Å². The minimum atomic E-state index is -0.450. The molecule has 1 aromatic heterocycles. The summed E-state index contributed by atoms with van der Waals surface area (Å²) in [5.41, 5.74) is 4.21. The predicted molar refractivity (Wildman–Crippen MR) is 129 cm³/mol.